The Morgan fingerprint density at radius 2 is 0.900 bits per heavy atom. The number of rotatable bonds is 0. The van der Waals surface area contributed by atoms with Crippen LogP contribution in [0.4, 0.5) is 0 Å². The van der Waals surface area contributed by atoms with Crippen LogP contribution in [0.3, 0.4) is 0 Å². The summed E-state index contributed by atoms with van der Waals surface area (Å²) in [5.41, 5.74) is 7.86. The van der Waals surface area contributed by atoms with Crippen molar-refractivity contribution in [1.29, 1.82) is 0 Å². The summed E-state index contributed by atoms with van der Waals surface area (Å²) in [5.74, 6) is 0. The molecule has 3 N–H and O–H groups in total. The summed E-state index contributed by atoms with van der Waals surface area (Å²) in [4.78, 5) is 16.0. The Morgan fingerprint density at radius 3 is 1.13 bits per heavy atom. The first-order valence-corrected chi connectivity index (χ1v) is 11.1. The molecule has 0 atom stereocenters. The van der Waals surface area contributed by atoms with Crippen molar-refractivity contribution in [2.45, 2.75) is 0 Å². The summed E-state index contributed by atoms with van der Waals surface area (Å²) in [6, 6.07) is 16.4. The van der Waals surface area contributed by atoms with Gasteiger partial charge < -0.3 is 9.97 Å². The van der Waals surface area contributed by atoms with Gasteiger partial charge in [0.1, 0.15) is 0 Å². The number of nitrogens with zero attached hydrogens (tertiary/aromatic N) is 2. The first-order valence-electron chi connectivity index (χ1n) is 8.50. The number of H-pyrrole nitrogens is 2. The van der Waals surface area contributed by atoms with Crippen molar-refractivity contribution in [3.8, 4) is 0 Å². The van der Waals surface area contributed by atoms with E-state index in [-0.39, 0.29) is 17.1 Å². The fraction of sp³-hybridized carbons (Fsp3) is 0. The zero-order chi connectivity index (χ0) is 20.4. The van der Waals surface area contributed by atoms with Crippen LogP contribution in [0.25, 0.3) is 46.4 Å². The van der Waals surface area contributed by atoms with E-state index < -0.39 is 8.59 Å². The maximum atomic E-state index is 9.05. The van der Waals surface area contributed by atoms with Gasteiger partial charge in [-0.2, -0.15) is 0 Å². The third-order valence-electron chi connectivity index (χ3n) is 4.04. The Morgan fingerprint density at radius 1 is 0.667 bits per heavy atom. The zero-order valence-corrected chi connectivity index (χ0v) is 18.2. The molecule has 3 aromatic heterocycles. The maximum Gasteiger partial charge on any atom is 0 e. The molecule has 8 bridgehead atoms. The first-order chi connectivity index (χ1) is 13.8. The predicted molar refractivity (Wildman–Crippen MR) is 110 cm³/mol. The van der Waals surface area contributed by atoms with Crippen molar-refractivity contribution >= 4 is 55.0 Å². The molecule has 155 valence electrons. The average molecular weight is 505 g/mol. The molecular formula is C20H15CoMnN4O3S. The molecule has 2 aliphatic rings. The molecule has 0 amide bonds. The Labute approximate surface area is 190 Å². The van der Waals surface area contributed by atoms with Crippen LogP contribution in [-0.4, -0.2) is 32.9 Å². The third kappa shape index (κ3) is 6.26. The number of fused-ring (bicyclic) bond motifs is 8. The Balaban J connectivity index is 0.000000386. The molecule has 10 heteroatoms. The molecule has 3 aromatic rings. The summed E-state index contributed by atoms with van der Waals surface area (Å²) in [5, 5.41) is 0. The molecule has 0 fully saturated rings. The number of nitrogens with one attached hydrogen (secondary N) is 2. The molecule has 0 saturated heterocycles. The van der Waals surface area contributed by atoms with E-state index in [1.165, 1.54) is 0 Å². The van der Waals surface area contributed by atoms with Crippen LogP contribution in [0.1, 0.15) is 22.8 Å². The molecule has 0 spiro atoms. The van der Waals surface area contributed by atoms with Crippen molar-refractivity contribution in [2.24, 2.45) is 0 Å². The molecule has 1 radical (unpaired) electrons. The van der Waals surface area contributed by atoms with E-state index in [9.17, 15) is 0 Å². The van der Waals surface area contributed by atoms with E-state index in [4.69, 9.17) is 13.0 Å². The fourth-order valence-corrected chi connectivity index (χ4v) is 2.94. The minimum Gasteiger partial charge on any atom is 0 e. The molecule has 5 rings (SSSR count). The Hall–Kier alpha value is -2.46. The summed E-state index contributed by atoms with van der Waals surface area (Å²) < 4.78 is 25.5. The van der Waals surface area contributed by atoms with Crippen LogP contribution >= 0.6 is 0 Å². The van der Waals surface area contributed by atoms with Gasteiger partial charge in [0.2, 0.25) is 0 Å². The summed E-state index contributed by atoms with van der Waals surface area (Å²) >= 11 is 2.69. The molecular weight excluding hydrogens is 490 g/mol. The molecule has 0 saturated carbocycles. The zero-order valence-electron chi connectivity index (χ0n) is 15.2. The van der Waals surface area contributed by atoms with Crippen molar-refractivity contribution in [3.63, 3.8) is 0 Å². The van der Waals surface area contributed by atoms with E-state index in [0.29, 0.717) is 0 Å². The van der Waals surface area contributed by atoms with Crippen molar-refractivity contribution < 1.29 is 44.7 Å². The largest absolute Gasteiger partial charge is 0 e. The SMILES string of the molecule is C1=Cc2cc3ccc(cc4nc(cc5ccc(cc1n2)[nH]5)C=C4)[nH]3.O=[S](=O)(O)[Co].[Mn]. The summed E-state index contributed by atoms with van der Waals surface area (Å²) in [6.07, 6.45) is 8.09. The van der Waals surface area contributed by atoms with E-state index in [2.05, 4.69) is 58.8 Å². The van der Waals surface area contributed by atoms with Crippen LogP contribution < -0.4 is 0 Å². The van der Waals surface area contributed by atoms with Gasteiger partial charge >= 0.3 is 36.2 Å². The number of hydrogen-bond acceptors (Lipinski definition) is 4. The van der Waals surface area contributed by atoms with E-state index >= 15 is 0 Å². The topological polar surface area (TPSA) is 112 Å². The summed E-state index contributed by atoms with van der Waals surface area (Å²) in [6.45, 7) is 0. The van der Waals surface area contributed by atoms with Crippen molar-refractivity contribution in [1.82, 2.24) is 19.9 Å². The molecule has 30 heavy (non-hydrogen) atoms. The second-order valence-electron chi connectivity index (χ2n) is 6.29. The monoisotopic (exact) mass is 505 g/mol. The first kappa shape index (κ1) is 22.2. The molecule has 2 aliphatic heterocycles. The van der Waals surface area contributed by atoms with Crippen molar-refractivity contribution in [3.05, 3.63) is 71.3 Å². The molecule has 5 heterocycles. The van der Waals surface area contributed by atoms with Gasteiger partial charge in [0.15, 0.2) is 0 Å². The van der Waals surface area contributed by atoms with E-state index in [0.717, 1.165) is 44.8 Å². The second kappa shape index (κ2) is 9.13. The standard InChI is InChI=1S/C20H14N4.Co.Mn.HO3S/c1-2-14-10-16-5-6-18(23-16)12-20-8-7-19(24-20)11-17-4-3-15(22-17)9-13(1)21-14;;;1-4(2)3/h1-12,21,24H;;;(H,1,2,3). The summed E-state index contributed by atoms with van der Waals surface area (Å²) in [7, 11) is -3.98. The van der Waals surface area contributed by atoms with Crippen LogP contribution in [0.15, 0.2) is 48.5 Å². The van der Waals surface area contributed by atoms with Gasteiger partial charge in [-0.05, 0) is 72.8 Å². The average Bonchev–Trinajstić information content (AvgIpc) is 3.38. The van der Waals surface area contributed by atoms with Gasteiger partial charge in [-0.25, -0.2) is 9.97 Å². The third-order valence-corrected chi connectivity index (χ3v) is 4.04. The fourth-order valence-electron chi connectivity index (χ4n) is 2.94. The quantitative estimate of drug-likeness (QED) is 0.218. The van der Waals surface area contributed by atoms with Crippen molar-refractivity contribution in [2.75, 3.05) is 0 Å². The van der Waals surface area contributed by atoms with Gasteiger partial charge in [0.25, 0.3) is 0 Å². The number of aromatic amines is 2. The number of hydrogen-bond donors (Lipinski definition) is 3. The molecule has 0 aromatic carbocycles. The van der Waals surface area contributed by atoms with Gasteiger partial charge in [-0.15, -0.1) is 0 Å². The van der Waals surface area contributed by atoms with Crippen LogP contribution in [0, 0.1) is 0 Å². The van der Waals surface area contributed by atoms with Crippen LogP contribution in [-0.2, 0) is 40.3 Å². The van der Waals surface area contributed by atoms with E-state index in [1.54, 1.807) is 0 Å². The second-order valence-corrected chi connectivity index (χ2v) is 8.68. The maximum absolute atomic E-state index is 9.05. The molecule has 0 unspecified atom stereocenters. The Kier molecular flexibility index (Phi) is 6.76. The van der Waals surface area contributed by atoms with Gasteiger partial charge in [0.05, 0.1) is 22.8 Å². The normalized spacial score (nSPS) is 12.1. The molecule has 7 nitrogen and oxygen atoms in total. The van der Waals surface area contributed by atoms with Crippen LogP contribution in [0.5, 0.6) is 0 Å². The minimum absolute atomic E-state index is 0. The predicted octanol–water partition coefficient (Wildman–Crippen LogP) is 3.99. The van der Waals surface area contributed by atoms with E-state index in [1.807, 2.05) is 48.6 Å². The number of aromatic nitrogens is 4. The Bertz CT molecular complexity index is 1230. The van der Waals surface area contributed by atoms with Gasteiger partial charge in [-0.1, -0.05) is 0 Å². The molecule has 0 aliphatic carbocycles. The smallest absolute Gasteiger partial charge is 0 e. The minimum atomic E-state index is -3.98. The van der Waals surface area contributed by atoms with Gasteiger partial charge in [0, 0.05) is 39.1 Å². The van der Waals surface area contributed by atoms with Crippen LogP contribution in [0.2, 0.25) is 0 Å². The van der Waals surface area contributed by atoms with Gasteiger partial charge in [-0.3, -0.25) is 0 Å².